The number of unbranched alkanes of at least 4 members (excludes halogenated alkanes) is 3. The molecule has 0 spiro atoms. The summed E-state index contributed by atoms with van der Waals surface area (Å²) < 4.78 is 23.7. The lowest BCUT2D eigenvalue weighted by molar-refractivity contribution is 0.577. The number of rotatable bonds is 13. The zero-order chi connectivity index (χ0) is 18.7. The molecule has 0 heterocycles. The van der Waals surface area contributed by atoms with Gasteiger partial charge in [-0.1, -0.05) is 70.1 Å². The minimum absolute atomic E-state index is 0.214. The molecule has 25 heavy (non-hydrogen) atoms. The van der Waals surface area contributed by atoms with Crippen LogP contribution in [0.5, 0.6) is 0 Å². The summed E-state index contributed by atoms with van der Waals surface area (Å²) in [7, 11) is -2.87. The molecule has 4 heteroatoms. The number of hydrogen-bond acceptors (Lipinski definition) is 3. The van der Waals surface area contributed by atoms with E-state index < -0.39 is 9.84 Å². The molecule has 0 fully saturated rings. The largest absolute Gasteiger partial charge is 0.229 e. The Labute approximate surface area is 160 Å². The van der Waals surface area contributed by atoms with Crippen LogP contribution in [0.2, 0.25) is 0 Å². The topological polar surface area (TPSA) is 34.1 Å². The van der Waals surface area contributed by atoms with Gasteiger partial charge in [-0.25, -0.2) is 8.42 Å². The van der Waals surface area contributed by atoms with E-state index in [0.29, 0.717) is 11.5 Å². The lowest BCUT2D eigenvalue weighted by atomic mass is 10.0. The van der Waals surface area contributed by atoms with Crippen molar-refractivity contribution in [1.82, 2.24) is 0 Å². The second-order valence-electron chi connectivity index (χ2n) is 7.45. The van der Waals surface area contributed by atoms with Crippen molar-refractivity contribution in [2.45, 2.75) is 72.1 Å². The predicted molar refractivity (Wildman–Crippen MR) is 113 cm³/mol. The van der Waals surface area contributed by atoms with Gasteiger partial charge in [-0.2, -0.15) is 0 Å². The van der Waals surface area contributed by atoms with E-state index >= 15 is 0 Å². The Morgan fingerprint density at radius 3 is 2.24 bits per heavy atom. The van der Waals surface area contributed by atoms with Crippen molar-refractivity contribution in [2.24, 2.45) is 5.92 Å². The van der Waals surface area contributed by atoms with Gasteiger partial charge >= 0.3 is 0 Å². The molecule has 1 aromatic rings. The molecule has 0 aliphatic heterocycles. The fourth-order valence-electron chi connectivity index (χ4n) is 2.93. The highest BCUT2D eigenvalue weighted by Crippen LogP contribution is 2.12. The summed E-state index contributed by atoms with van der Waals surface area (Å²) in [4.78, 5) is 1.08. The van der Waals surface area contributed by atoms with Crippen molar-refractivity contribution >= 4 is 26.9 Å². The normalized spacial score (nSPS) is 11.8. The van der Waals surface area contributed by atoms with Gasteiger partial charge in [-0.15, -0.1) is 0 Å². The molecule has 1 aromatic carbocycles. The van der Waals surface area contributed by atoms with Crippen LogP contribution in [0.25, 0.3) is 0 Å². The van der Waals surface area contributed by atoms with Gasteiger partial charge < -0.3 is 0 Å². The maximum Gasteiger partial charge on any atom is 0.150 e. The Hall–Kier alpha value is -0.740. The summed E-state index contributed by atoms with van der Waals surface area (Å²) in [6.07, 6.45) is 8.07. The van der Waals surface area contributed by atoms with E-state index in [2.05, 4.69) is 31.2 Å². The molecule has 2 nitrogen and oxygen atoms in total. The van der Waals surface area contributed by atoms with E-state index in [9.17, 15) is 8.42 Å². The van der Waals surface area contributed by atoms with Crippen molar-refractivity contribution in [1.29, 1.82) is 0 Å². The van der Waals surface area contributed by atoms with E-state index in [4.69, 9.17) is 12.2 Å². The van der Waals surface area contributed by atoms with Gasteiger partial charge in [0.05, 0.1) is 11.5 Å². The van der Waals surface area contributed by atoms with Crippen molar-refractivity contribution in [3.05, 3.63) is 35.4 Å². The molecule has 0 aliphatic carbocycles. The maximum atomic E-state index is 11.8. The van der Waals surface area contributed by atoms with Crippen molar-refractivity contribution in [3.63, 3.8) is 0 Å². The lowest BCUT2D eigenvalue weighted by Gasteiger charge is -2.08. The number of benzene rings is 1. The lowest BCUT2D eigenvalue weighted by Crippen LogP contribution is -2.15. The summed E-state index contributed by atoms with van der Waals surface area (Å²) in [6.45, 7) is 6.12. The average molecular weight is 383 g/mol. The third-order valence-corrected chi connectivity index (χ3v) is 6.68. The van der Waals surface area contributed by atoms with Crippen LogP contribution in [0, 0.1) is 5.92 Å². The number of sulfone groups is 1. The monoisotopic (exact) mass is 382 g/mol. The van der Waals surface area contributed by atoms with Crippen LogP contribution < -0.4 is 0 Å². The molecule has 0 radical (unpaired) electrons. The third-order valence-electron chi connectivity index (χ3n) is 4.24. The van der Waals surface area contributed by atoms with Gasteiger partial charge in [-0.3, -0.25) is 0 Å². The summed E-state index contributed by atoms with van der Waals surface area (Å²) in [5, 5.41) is 0. The summed E-state index contributed by atoms with van der Waals surface area (Å²) in [5.41, 5.74) is 2.68. The Morgan fingerprint density at radius 2 is 1.64 bits per heavy atom. The van der Waals surface area contributed by atoms with Crippen LogP contribution in [0.15, 0.2) is 24.3 Å². The minimum Gasteiger partial charge on any atom is -0.229 e. The second-order valence-corrected chi connectivity index (χ2v) is 10.3. The van der Waals surface area contributed by atoms with Gasteiger partial charge in [0.25, 0.3) is 0 Å². The molecule has 0 saturated heterocycles. The van der Waals surface area contributed by atoms with Crippen LogP contribution in [-0.4, -0.2) is 24.8 Å². The predicted octanol–water partition coefficient (Wildman–Crippen LogP) is 5.57. The van der Waals surface area contributed by atoms with Crippen LogP contribution in [-0.2, 0) is 22.7 Å². The number of aryl methyl sites for hydroxylation is 1. The van der Waals surface area contributed by atoms with E-state index in [0.717, 1.165) is 43.4 Å². The zero-order valence-corrected chi connectivity index (χ0v) is 17.7. The van der Waals surface area contributed by atoms with Crippen LogP contribution in [0.3, 0.4) is 0 Å². The first-order valence-corrected chi connectivity index (χ1v) is 11.9. The zero-order valence-electron chi connectivity index (χ0n) is 16.1. The van der Waals surface area contributed by atoms with Gasteiger partial charge in [-0.05, 0) is 54.0 Å². The third kappa shape index (κ3) is 10.8. The molecule has 0 saturated carbocycles. The average Bonchev–Trinajstić information content (AvgIpc) is 2.52. The van der Waals surface area contributed by atoms with Crippen LogP contribution in [0.1, 0.15) is 70.4 Å². The summed E-state index contributed by atoms with van der Waals surface area (Å²) in [5.74, 6) is 0.836. The molecule has 0 aliphatic rings. The first-order valence-electron chi connectivity index (χ1n) is 9.62. The van der Waals surface area contributed by atoms with Gasteiger partial charge in [0.15, 0.2) is 9.84 Å². The molecule has 0 N–H and O–H groups in total. The Bertz CT molecular complexity index is 601. The highest BCUT2D eigenvalue weighted by atomic mass is 32.2. The molecule has 0 amide bonds. The van der Waals surface area contributed by atoms with Gasteiger partial charge in [0.2, 0.25) is 0 Å². The minimum atomic E-state index is -2.87. The van der Waals surface area contributed by atoms with Crippen molar-refractivity contribution < 1.29 is 8.42 Å². The Kier molecular flexibility index (Phi) is 10.5. The standard InChI is InChI=1S/C21H34O2S2/c1-4-5-9-19-11-13-20(14-12-19)16-21(24)10-7-6-8-15-25(22,23)17-18(2)3/h11-14,18H,4-10,15-17H2,1-3H3. The first kappa shape index (κ1) is 22.3. The van der Waals surface area contributed by atoms with Crippen molar-refractivity contribution in [2.75, 3.05) is 11.5 Å². The first-order chi connectivity index (χ1) is 11.8. The fraction of sp³-hybridized carbons (Fsp3) is 0.667. The summed E-state index contributed by atoms with van der Waals surface area (Å²) >= 11 is 5.50. The number of hydrogen-bond donors (Lipinski definition) is 0. The second kappa shape index (κ2) is 11.8. The molecule has 142 valence electrons. The summed E-state index contributed by atoms with van der Waals surface area (Å²) in [6, 6.07) is 8.81. The van der Waals surface area contributed by atoms with E-state index in [1.807, 2.05) is 13.8 Å². The van der Waals surface area contributed by atoms with Crippen LogP contribution in [0.4, 0.5) is 0 Å². The molecule has 0 bridgehead atoms. The molecule has 0 atom stereocenters. The Morgan fingerprint density at radius 1 is 1.00 bits per heavy atom. The number of thiocarbonyl (C=S) groups is 1. The highest BCUT2D eigenvalue weighted by Gasteiger charge is 2.12. The fourth-order valence-corrected chi connectivity index (χ4v) is 5.07. The smallest absolute Gasteiger partial charge is 0.150 e. The van der Waals surface area contributed by atoms with E-state index in [1.165, 1.54) is 24.0 Å². The molecule has 1 rings (SSSR count). The Balaban J connectivity index is 2.22. The molecular weight excluding hydrogens is 348 g/mol. The van der Waals surface area contributed by atoms with Crippen LogP contribution >= 0.6 is 12.2 Å². The quantitative estimate of drug-likeness (QED) is 0.330. The van der Waals surface area contributed by atoms with Gasteiger partial charge in [0.1, 0.15) is 0 Å². The SMILES string of the molecule is CCCCc1ccc(CC(=S)CCCCCS(=O)(=O)CC(C)C)cc1. The highest BCUT2D eigenvalue weighted by molar-refractivity contribution is 7.91. The van der Waals surface area contributed by atoms with E-state index in [1.54, 1.807) is 0 Å². The van der Waals surface area contributed by atoms with E-state index in [-0.39, 0.29) is 5.92 Å². The van der Waals surface area contributed by atoms with Gasteiger partial charge in [0, 0.05) is 6.42 Å². The molecular formula is C21H34O2S2. The molecule has 0 aromatic heterocycles. The van der Waals surface area contributed by atoms with Crippen molar-refractivity contribution in [3.8, 4) is 0 Å². The molecule has 0 unspecified atom stereocenters. The maximum absolute atomic E-state index is 11.8.